The van der Waals surface area contributed by atoms with Crippen LogP contribution in [0.2, 0.25) is 0 Å². The highest BCUT2D eigenvalue weighted by Gasteiger charge is 2.11. The average Bonchev–Trinajstić information content (AvgIpc) is 2.62. The molecule has 2 aromatic rings. The summed E-state index contributed by atoms with van der Waals surface area (Å²) in [6.07, 6.45) is 2.65. The highest BCUT2D eigenvalue weighted by molar-refractivity contribution is 7.80. The molecular weight excluding hydrogens is 356 g/mol. The normalized spacial score (nSPS) is 10.7. The molecule has 2 N–H and O–H groups in total. The lowest BCUT2D eigenvalue weighted by atomic mass is 10.1. The third-order valence-corrected chi connectivity index (χ3v) is 3.33. The molecule has 8 nitrogen and oxygen atoms in total. The van der Waals surface area contributed by atoms with Gasteiger partial charge in [-0.3, -0.25) is 10.1 Å². The summed E-state index contributed by atoms with van der Waals surface area (Å²) in [4.78, 5) is 14.0. The predicted molar refractivity (Wildman–Crippen MR) is 99.0 cm³/mol. The molecule has 0 aliphatic rings. The van der Waals surface area contributed by atoms with Crippen molar-refractivity contribution in [2.45, 2.75) is 6.92 Å². The Morgan fingerprint density at radius 2 is 2.19 bits per heavy atom. The van der Waals surface area contributed by atoms with Crippen molar-refractivity contribution in [1.29, 1.82) is 5.26 Å². The van der Waals surface area contributed by atoms with Crippen LogP contribution in [0.4, 0.5) is 5.69 Å². The van der Waals surface area contributed by atoms with Gasteiger partial charge in [0.25, 0.3) is 5.69 Å². The van der Waals surface area contributed by atoms with E-state index in [2.05, 4.69) is 4.98 Å². The van der Waals surface area contributed by atoms with Gasteiger partial charge in [-0.1, -0.05) is 18.3 Å². The van der Waals surface area contributed by atoms with Gasteiger partial charge in [0.1, 0.15) is 17.3 Å². The first-order valence-corrected chi connectivity index (χ1v) is 7.82. The fourth-order valence-corrected chi connectivity index (χ4v) is 2.05. The Hall–Kier alpha value is -3.51. The Morgan fingerprint density at radius 3 is 2.73 bits per heavy atom. The van der Waals surface area contributed by atoms with E-state index < -0.39 is 4.92 Å². The lowest BCUT2D eigenvalue weighted by molar-refractivity contribution is -0.385. The molecule has 0 saturated heterocycles. The molecule has 0 atom stereocenters. The van der Waals surface area contributed by atoms with Crippen molar-refractivity contribution < 1.29 is 14.4 Å². The Labute approximate surface area is 154 Å². The molecule has 0 radical (unpaired) electrons. The fraction of sp³-hybridized carbons (Fsp3) is 0.118. The van der Waals surface area contributed by atoms with Crippen molar-refractivity contribution in [3.8, 4) is 23.4 Å². The van der Waals surface area contributed by atoms with Crippen LogP contribution >= 0.6 is 12.2 Å². The molecule has 1 aromatic heterocycles. The second-order valence-corrected chi connectivity index (χ2v) is 5.33. The molecule has 0 unspecified atom stereocenters. The third kappa shape index (κ3) is 4.75. The van der Waals surface area contributed by atoms with Crippen molar-refractivity contribution in [2.75, 3.05) is 6.61 Å². The molecule has 0 saturated carbocycles. The van der Waals surface area contributed by atoms with Crippen LogP contribution in [0.15, 0.2) is 42.1 Å². The summed E-state index contributed by atoms with van der Waals surface area (Å²) in [5.41, 5.74) is 6.18. The Balaban J connectivity index is 2.32. The van der Waals surface area contributed by atoms with E-state index in [0.29, 0.717) is 23.7 Å². The fourth-order valence-electron chi connectivity index (χ4n) is 1.95. The topological polar surface area (TPSA) is 124 Å². The maximum Gasteiger partial charge on any atom is 0.287 e. The second kappa shape index (κ2) is 8.55. The third-order valence-electron chi connectivity index (χ3n) is 3.11. The minimum absolute atomic E-state index is 0.000802. The summed E-state index contributed by atoms with van der Waals surface area (Å²) >= 11 is 4.82. The first kappa shape index (κ1) is 18.8. The van der Waals surface area contributed by atoms with Crippen molar-refractivity contribution >= 4 is 29.0 Å². The van der Waals surface area contributed by atoms with Gasteiger partial charge in [0.15, 0.2) is 11.5 Å². The van der Waals surface area contributed by atoms with Crippen LogP contribution in [0, 0.1) is 21.4 Å². The first-order valence-electron chi connectivity index (χ1n) is 7.41. The van der Waals surface area contributed by atoms with Crippen LogP contribution in [-0.2, 0) is 0 Å². The van der Waals surface area contributed by atoms with Crippen molar-refractivity contribution in [3.05, 3.63) is 57.8 Å². The van der Waals surface area contributed by atoms with Crippen LogP contribution < -0.4 is 15.2 Å². The molecule has 2 rings (SSSR count). The smallest absolute Gasteiger partial charge is 0.287 e. The van der Waals surface area contributed by atoms with Gasteiger partial charge in [-0.2, -0.15) is 5.26 Å². The number of nitro groups is 1. The SMILES string of the molecule is CCOc1cc(/C=C(/C#N)C(N)=S)ccc1Oc1ccc([N+](=O)[O-])cn1. The molecule has 0 spiro atoms. The van der Waals surface area contributed by atoms with Gasteiger partial charge >= 0.3 is 0 Å². The quantitative estimate of drug-likeness (QED) is 0.258. The number of hydrogen-bond donors (Lipinski definition) is 1. The van der Waals surface area contributed by atoms with Crippen molar-refractivity contribution in [3.63, 3.8) is 0 Å². The van der Waals surface area contributed by atoms with Crippen LogP contribution in [0.5, 0.6) is 17.4 Å². The average molecular weight is 370 g/mol. The van der Waals surface area contributed by atoms with Crippen LogP contribution in [0.3, 0.4) is 0 Å². The number of nitrogens with zero attached hydrogens (tertiary/aromatic N) is 3. The minimum Gasteiger partial charge on any atom is -0.490 e. The van der Waals surface area contributed by atoms with Gasteiger partial charge < -0.3 is 15.2 Å². The van der Waals surface area contributed by atoms with E-state index in [-0.39, 0.29) is 22.1 Å². The Bertz CT molecular complexity index is 904. The minimum atomic E-state index is -0.543. The lowest BCUT2D eigenvalue weighted by Gasteiger charge is -2.11. The van der Waals surface area contributed by atoms with E-state index in [1.165, 1.54) is 12.1 Å². The van der Waals surface area contributed by atoms with Gasteiger partial charge in [0.05, 0.1) is 17.1 Å². The number of rotatable bonds is 7. The van der Waals surface area contributed by atoms with Gasteiger partial charge in [0, 0.05) is 12.1 Å². The molecule has 0 aliphatic heterocycles. The van der Waals surface area contributed by atoms with Gasteiger partial charge in [0.2, 0.25) is 5.88 Å². The second-order valence-electron chi connectivity index (χ2n) is 4.89. The summed E-state index contributed by atoms with van der Waals surface area (Å²) < 4.78 is 11.2. The van der Waals surface area contributed by atoms with Crippen LogP contribution in [0.1, 0.15) is 12.5 Å². The maximum atomic E-state index is 10.7. The maximum absolute atomic E-state index is 10.7. The number of hydrogen-bond acceptors (Lipinski definition) is 7. The number of thiocarbonyl (C=S) groups is 1. The number of pyridine rings is 1. The molecular formula is C17H14N4O4S. The zero-order chi connectivity index (χ0) is 19.1. The summed E-state index contributed by atoms with van der Waals surface area (Å²) in [7, 11) is 0. The highest BCUT2D eigenvalue weighted by Crippen LogP contribution is 2.33. The summed E-state index contributed by atoms with van der Waals surface area (Å²) in [6, 6.07) is 9.61. The molecule has 0 amide bonds. The molecule has 132 valence electrons. The summed E-state index contributed by atoms with van der Waals surface area (Å²) in [6.45, 7) is 2.20. The van der Waals surface area contributed by atoms with Gasteiger partial charge in [-0.05, 0) is 30.7 Å². The zero-order valence-corrected chi connectivity index (χ0v) is 14.5. The van der Waals surface area contributed by atoms with Gasteiger partial charge in [-0.25, -0.2) is 4.98 Å². The van der Waals surface area contributed by atoms with E-state index in [9.17, 15) is 10.1 Å². The van der Waals surface area contributed by atoms with E-state index in [1.54, 1.807) is 24.3 Å². The number of benzene rings is 1. The Kier molecular flexibility index (Phi) is 6.19. The van der Waals surface area contributed by atoms with E-state index in [0.717, 1.165) is 6.20 Å². The standard InChI is InChI=1S/C17H14N4O4S/c1-2-24-15-8-11(7-12(9-18)17(19)26)3-5-14(15)25-16-6-4-13(10-20-16)21(22)23/h3-8,10H,2H2,1H3,(H2,19,26)/b12-7-. The molecule has 0 fully saturated rings. The summed E-state index contributed by atoms with van der Waals surface area (Å²) in [5, 5.41) is 19.7. The summed E-state index contributed by atoms with van der Waals surface area (Å²) in [5.74, 6) is 0.974. The van der Waals surface area contributed by atoms with E-state index in [1.807, 2.05) is 13.0 Å². The molecule has 1 heterocycles. The van der Waals surface area contributed by atoms with Crippen molar-refractivity contribution in [2.24, 2.45) is 5.73 Å². The largest absolute Gasteiger partial charge is 0.490 e. The number of nitriles is 1. The van der Waals surface area contributed by atoms with E-state index >= 15 is 0 Å². The first-order chi connectivity index (χ1) is 12.4. The predicted octanol–water partition coefficient (Wildman–Crippen LogP) is 3.37. The lowest BCUT2D eigenvalue weighted by Crippen LogP contribution is -2.09. The molecule has 0 bridgehead atoms. The Morgan fingerprint density at radius 1 is 1.42 bits per heavy atom. The number of ether oxygens (including phenoxy) is 2. The highest BCUT2D eigenvalue weighted by atomic mass is 32.1. The number of aromatic nitrogens is 1. The van der Waals surface area contributed by atoms with Crippen LogP contribution in [0.25, 0.3) is 6.08 Å². The molecule has 26 heavy (non-hydrogen) atoms. The molecule has 1 aromatic carbocycles. The van der Waals surface area contributed by atoms with Crippen LogP contribution in [-0.4, -0.2) is 21.5 Å². The zero-order valence-electron chi connectivity index (χ0n) is 13.7. The monoisotopic (exact) mass is 370 g/mol. The van der Waals surface area contributed by atoms with Gasteiger partial charge in [-0.15, -0.1) is 0 Å². The van der Waals surface area contributed by atoms with E-state index in [4.69, 9.17) is 32.7 Å². The van der Waals surface area contributed by atoms with Crippen molar-refractivity contribution in [1.82, 2.24) is 4.98 Å². The molecule has 0 aliphatic carbocycles. The molecule has 9 heteroatoms. The number of nitrogens with two attached hydrogens (primary N) is 1.